The molecule has 1 aromatic heterocycles. The molecule has 0 aliphatic heterocycles. The molecule has 0 saturated heterocycles. The van der Waals surface area contributed by atoms with Crippen LogP contribution in [0.2, 0.25) is 5.02 Å². The number of aromatic nitrogens is 1. The van der Waals surface area contributed by atoms with E-state index in [1.54, 1.807) is 0 Å². The maximum absolute atomic E-state index is 6.57. The van der Waals surface area contributed by atoms with Gasteiger partial charge in [-0.2, -0.15) is 0 Å². The van der Waals surface area contributed by atoms with Gasteiger partial charge in [0, 0.05) is 17.3 Å². The molecule has 1 heterocycles. The monoisotopic (exact) mass is 325 g/mol. The van der Waals surface area contributed by atoms with Crippen molar-refractivity contribution in [3.8, 4) is 22.3 Å². The van der Waals surface area contributed by atoms with E-state index >= 15 is 0 Å². The second-order valence-electron chi connectivity index (χ2n) is 5.48. The molecule has 1 atom stereocenters. The Balaban J connectivity index is 2.25. The van der Waals surface area contributed by atoms with Crippen LogP contribution in [0.15, 0.2) is 54.7 Å². The summed E-state index contributed by atoms with van der Waals surface area (Å²) in [5, 5.41) is 0.687. The SMILES string of the molecule is Cc1ccc(-c2cnc(P)c(Cl)c2-c2ccc(C)cc2)cc1. The van der Waals surface area contributed by atoms with E-state index in [9.17, 15) is 0 Å². The lowest BCUT2D eigenvalue weighted by Gasteiger charge is -2.14. The molecule has 2 aromatic carbocycles. The average Bonchev–Trinajstić information content (AvgIpc) is 2.52. The molecule has 0 aliphatic carbocycles. The van der Waals surface area contributed by atoms with Gasteiger partial charge in [0.15, 0.2) is 0 Å². The lowest BCUT2D eigenvalue weighted by atomic mass is 9.95. The second kappa shape index (κ2) is 6.20. The molecule has 1 unspecified atom stereocenters. The normalized spacial score (nSPS) is 10.7. The first-order valence-electron chi connectivity index (χ1n) is 7.14. The Kier molecular flexibility index (Phi) is 4.29. The Morgan fingerprint density at radius 2 is 1.32 bits per heavy atom. The fraction of sp³-hybridized carbons (Fsp3) is 0.105. The van der Waals surface area contributed by atoms with Crippen LogP contribution >= 0.6 is 20.8 Å². The first-order valence-corrected chi connectivity index (χ1v) is 8.10. The predicted molar refractivity (Wildman–Crippen MR) is 98.9 cm³/mol. The van der Waals surface area contributed by atoms with E-state index < -0.39 is 0 Å². The zero-order chi connectivity index (χ0) is 15.7. The number of aryl methyl sites for hydroxylation is 2. The topological polar surface area (TPSA) is 12.9 Å². The second-order valence-corrected chi connectivity index (χ2v) is 6.40. The van der Waals surface area contributed by atoms with E-state index in [4.69, 9.17) is 11.6 Å². The molecule has 0 fully saturated rings. The van der Waals surface area contributed by atoms with E-state index in [-0.39, 0.29) is 0 Å². The molecule has 3 rings (SSSR count). The molecular weight excluding hydrogens is 309 g/mol. The maximum Gasteiger partial charge on any atom is 0.0760 e. The van der Waals surface area contributed by atoms with Gasteiger partial charge in [-0.1, -0.05) is 80.5 Å². The number of benzene rings is 2. The third kappa shape index (κ3) is 2.92. The summed E-state index contributed by atoms with van der Waals surface area (Å²) in [5.41, 5.74) is 7.57. The lowest BCUT2D eigenvalue weighted by Crippen LogP contribution is -2.03. The molecule has 0 amide bonds. The van der Waals surface area contributed by atoms with Crippen molar-refractivity contribution in [1.29, 1.82) is 0 Å². The molecule has 0 spiro atoms. The van der Waals surface area contributed by atoms with Crippen LogP contribution < -0.4 is 5.44 Å². The highest BCUT2D eigenvalue weighted by molar-refractivity contribution is 7.27. The molecule has 0 aliphatic rings. The summed E-state index contributed by atoms with van der Waals surface area (Å²) in [6.07, 6.45) is 1.90. The van der Waals surface area contributed by atoms with Crippen molar-refractivity contribution in [2.75, 3.05) is 0 Å². The largest absolute Gasteiger partial charge is 0.255 e. The van der Waals surface area contributed by atoms with Crippen molar-refractivity contribution in [3.63, 3.8) is 0 Å². The average molecular weight is 326 g/mol. The molecule has 0 N–H and O–H groups in total. The number of pyridine rings is 1. The van der Waals surface area contributed by atoms with E-state index in [1.165, 1.54) is 11.1 Å². The Morgan fingerprint density at radius 3 is 1.86 bits per heavy atom. The minimum atomic E-state index is 0.687. The van der Waals surface area contributed by atoms with Crippen molar-refractivity contribution >= 4 is 26.3 Å². The smallest absolute Gasteiger partial charge is 0.0760 e. The summed E-state index contributed by atoms with van der Waals surface area (Å²) in [6.45, 7) is 4.17. The van der Waals surface area contributed by atoms with Crippen LogP contribution in [0.4, 0.5) is 0 Å². The van der Waals surface area contributed by atoms with E-state index in [0.717, 1.165) is 27.7 Å². The molecule has 110 valence electrons. The van der Waals surface area contributed by atoms with Crippen LogP contribution in [0, 0.1) is 13.8 Å². The van der Waals surface area contributed by atoms with Gasteiger partial charge in [-0.15, -0.1) is 0 Å². The highest BCUT2D eigenvalue weighted by atomic mass is 35.5. The van der Waals surface area contributed by atoms with Crippen molar-refractivity contribution in [1.82, 2.24) is 4.98 Å². The summed E-state index contributed by atoms with van der Waals surface area (Å²) >= 11 is 6.57. The van der Waals surface area contributed by atoms with Gasteiger partial charge in [-0.25, -0.2) is 0 Å². The van der Waals surface area contributed by atoms with Gasteiger partial charge in [0.2, 0.25) is 0 Å². The Morgan fingerprint density at radius 1 is 0.818 bits per heavy atom. The number of hydrogen-bond acceptors (Lipinski definition) is 1. The zero-order valence-electron chi connectivity index (χ0n) is 12.6. The third-order valence-electron chi connectivity index (χ3n) is 3.75. The molecule has 0 saturated carbocycles. The molecule has 1 nitrogen and oxygen atoms in total. The Labute approximate surface area is 138 Å². The Hall–Kier alpha value is -1.69. The first kappa shape index (κ1) is 15.2. The highest BCUT2D eigenvalue weighted by Gasteiger charge is 2.14. The fourth-order valence-corrected chi connectivity index (χ4v) is 2.93. The predicted octanol–water partition coefficient (Wildman–Crippen LogP) is 5.19. The van der Waals surface area contributed by atoms with Gasteiger partial charge >= 0.3 is 0 Å². The van der Waals surface area contributed by atoms with Gasteiger partial charge < -0.3 is 0 Å². The van der Waals surface area contributed by atoms with E-state index in [0.29, 0.717) is 5.02 Å². The first-order chi connectivity index (χ1) is 10.6. The molecule has 0 radical (unpaired) electrons. The third-order valence-corrected chi connectivity index (χ3v) is 4.75. The van der Waals surface area contributed by atoms with Gasteiger partial charge in [0.05, 0.1) is 10.5 Å². The van der Waals surface area contributed by atoms with Crippen molar-refractivity contribution in [3.05, 3.63) is 70.9 Å². The maximum atomic E-state index is 6.57. The lowest BCUT2D eigenvalue weighted by molar-refractivity contribution is 1.38. The van der Waals surface area contributed by atoms with Crippen LogP contribution in [0.5, 0.6) is 0 Å². The summed E-state index contributed by atoms with van der Waals surface area (Å²) in [4.78, 5) is 4.41. The zero-order valence-corrected chi connectivity index (χ0v) is 14.5. The summed E-state index contributed by atoms with van der Waals surface area (Å²) in [5.74, 6) is 0. The van der Waals surface area contributed by atoms with Crippen molar-refractivity contribution in [2.24, 2.45) is 0 Å². The highest BCUT2D eigenvalue weighted by Crippen LogP contribution is 2.36. The standard InChI is InChI=1S/C19H17ClNP/c1-12-3-7-14(8-4-12)16-11-21-19(22)18(20)17(16)15-9-5-13(2)6-10-15/h3-11H,22H2,1-2H3. The molecule has 3 aromatic rings. The van der Waals surface area contributed by atoms with Gasteiger partial charge in [-0.3, -0.25) is 4.98 Å². The number of nitrogens with zero attached hydrogens (tertiary/aromatic N) is 1. The van der Waals surface area contributed by atoms with Crippen LogP contribution in [0.1, 0.15) is 11.1 Å². The minimum absolute atomic E-state index is 0.687. The molecular formula is C19H17ClNP. The van der Waals surface area contributed by atoms with Crippen molar-refractivity contribution < 1.29 is 0 Å². The van der Waals surface area contributed by atoms with E-state index in [2.05, 4.69) is 76.6 Å². The summed E-state index contributed by atoms with van der Waals surface area (Å²) < 4.78 is 0. The van der Waals surface area contributed by atoms with Gasteiger partial charge in [0.25, 0.3) is 0 Å². The number of halogens is 1. The van der Waals surface area contributed by atoms with Crippen LogP contribution in [-0.4, -0.2) is 4.98 Å². The number of rotatable bonds is 2. The van der Waals surface area contributed by atoms with Crippen LogP contribution in [-0.2, 0) is 0 Å². The quantitative estimate of drug-likeness (QED) is 0.591. The summed E-state index contributed by atoms with van der Waals surface area (Å²) in [6, 6.07) is 16.9. The number of hydrogen-bond donors (Lipinski definition) is 0. The minimum Gasteiger partial charge on any atom is -0.255 e. The van der Waals surface area contributed by atoms with Crippen molar-refractivity contribution in [2.45, 2.75) is 13.8 Å². The van der Waals surface area contributed by atoms with Gasteiger partial charge in [-0.05, 0) is 25.0 Å². The van der Waals surface area contributed by atoms with Crippen LogP contribution in [0.25, 0.3) is 22.3 Å². The molecule has 22 heavy (non-hydrogen) atoms. The fourth-order valence-electron chi connectivity index (χ4n) is 2.46. The van der Waals surface area contributed by atoms with Gasteiger partial charge in [0.1, 0.15) is 0 Å². The van der Waals surface area contributed by atoms with E-state index in [1.807, 2.05) is 6.20 Å². The van der Waals surface area contributed by atoms with Crippen LogP contribution in [0.3, 0.4) is 0 Å². The summed E-state index contributed by atoms with van der Waals surface area (Å²) in [7, 11) is 2.61. The molecule has 3 heteroatoms. The Bertz CT molecular complexity index is 808. The molecule has 0 bridgehead atoms.